The van der Waals surface area contributed by atoms with Crippen molar-refractivity contribution in [2.24, 2.45) is 0 Å². The van der Waals surface area contributed by atoms with E-state index >= 15 is 0 Å². The highest BCUT2D eigenvalue weighted by Crippen LogP contribution is 2.25. The van der Waals surface area contributed by atoms with Gasteiger partial charge in [0.1, 0.15) is 0 Å². The van der Waals surface area contributed by atoms with Crippen LogP contribution in [0, 0.1) is 18.3 Å². The van der Waals surface area contributed by atoms with Crippen LogP contribution in [-0.2, 0) is 0 Å². The molecule has 4 nitrogen and oxygen atoms in total. The average molecular weight is 286 g/mol. The second kappa shape index (κ2) is 5.64. The Labute approximate surface area is 121 Å². The summed E-state index contributed by atoms with van der Waals surface area (Å²) in [5, 5.41) is 11.9. The van der Waals surface area contributed by atoms with E-state index in [9.17, 15) is 4.79 Å². The van der Waals surface area contributed by atoms with Gasteiger partial charge in [-0.1, -0.05) is 11.6 Å². The van der Waals surface area contributed by atoms with Crippen LogP contribution < -0.4 is 11.1 Å². The molecule has 0 spiro atoms. The Hall–Kier alpha value is -2.51. The Morgan fingerprint density at radius 2 is 2.05 bits per heavy atom. The number of nitrogens with one attached hydrogen (secondary N) is 1. The van der Waals surface area contributed by atoms with Crippen LogP contribution in [0.1, 0.15) is 21.5 Å². The van der Waals surface area contributed by atoms with Gasteiger partial charge in [-0.05, 0) is 48.9 Å². The molecule has 0 fully saturated rings. The molecule has 2 aromatic carbocycles. The number of carbonyl (C=O) groups is 1. The van der Waals surface area contributed by atoms with Crippen LogP contribution in [0.25, 0.3) is 0 Å². The van der Waals surface area contributed by atoms with Crippen LogP contribution in [0.4, 0.5) is 11.4 Å². The zero-order valence-electron chi connectivity index (χ0n) is 10.8. The van der Waals surface area contributed by atoms with Crippen molar-refractivity contribution in [3.63, 3.8) is 0 Å². The maximum absolute atomic E-state index is 12.2. The van der Waals surface area contributed by atoms with Crippen molar-refractivity contribution >= 4 is 28.9 Å². The normalized spacial score (nSPS) is 9.85. The highest BCUT2D eigenvalue weighted by molar-refractivity contribution is 6.34. The van der Waals surface area contributed by atoms with E-state index in [1.54, 1.807) is 43.3 Å². The standard InChI is InChI=1S/C15H12ClN3O/c1-9-6-10(8-17)2-4-12(9)15(20)19-14-7-11(18)3-5-13(14)16/h2-7H,18H2,1H3,(H,19,20). The Morgan fingerprint density at radius 1 is 1.30 bits per heavy atom. The first-order valence-electron chi connectivity index (χ1n) is 5.88. The highest BCUT2D eigenvalue weighted by Gasteiger charge is 2.11. The molecule has 0 aliphatic rings. The van der Waals surface area contributed by atoms with E-state index in [1.165, 1.54) is 0 Å². The fourth-order valence-corrected chi connectivity index (χ4v) is 1.98. The van der Waals surface area contributed by atoms with Crippen LogP contribution >= 0.6 is 11.6 Å². The molecule has 0 aliphatic carbocycles. The lowest BCUT2D eigenvalue weighted by Crippen LogP contribution is -2.14. The summed E-state index contributed by atoms with van der Waals surface area (Å²) < 4.78 is 0. The molecule has 0 saturated heterocycles. The quantitative estimate of drug-likeness (QED) is 0.831. The van der Waals surface area contributed by atoms with Gasteiger partial charge in [-0.3, -0.25) is 4.79 Å². The van der Waals surface area contributed by atoms with Gasteiger partial charge in [-0.2, -0.15) is 5.26 Å². The minimum atomic E-state index is -0.292. The first kappa shape index (κ1) is 13.9. The predicted octanol–water partition coefficient (Wildman–Crippen LogP) is 3.35. The molecule has 0 atom stereocenters. The maximum Gasteiger partial charge on any atom is 0.255 e. The number of hydrogen-bond acceptors (Lipinski definition) is 3. The third-order valence-corrected chi connectivity index (χ3v) is 3.17. The van der Waals surface area contributed by atoms with Gasteiger partial charge in [-0.15, -0.1) is 0 Å². The smallest absolute Gasteiger partial charge is 0.255 e. The number of nitrogens with two attached hydrogens (primary N) is 1. The monoisotopic (exact) mass is 285 g/mol. The third kappa shape index (κ3) is 2.90. The Morgan fingerprint density at radius 3 is 2.70 bits per heavy atom. The second-order valence-electron chi connectivity index (χ2n) is 4.33. The van der Waals surface area contributed by atoms with Gasteiger partial charge in [0.25, 0.3) is 5.91 Å². The van der Waals surface area contributed by atoms with Crippen molar-refractivity contribution in [1.29, 1.82) is 5.26 Å². The third-order valence-electron chi connectivity index (χ3n) is 2.84. The van der Waals surface area contributed by atoms with E-state index in [2.05, 4.69) is 5.32 Å². The maximum atomic E-state index is 12.2. The molecule has 1 amide bonds. The van der Waals surface area contributed by atoms with Crippen LogP contribution in [-0.4, -0.2) is 5.91 Å². The molecule has 20 heavy (non-hydrogen) atoms. The minimum absolute atomic E-state index is 0.292. The Bertz CT molecular complexity index is 720. The van der Waals surface area contributed by atoms with E-state index in [0.717, 1.165) is 5.56 Å². The summed E-state index contributed by atoms with van der Waals surface area (Å²) in [4.78, 5) is 12.2. The largest absolute Gasteiger partial charge is 0.399 e. The summed E-state index contributed by atoms with van der Waals surface area (Å²) in [7, 11) is 0. The van der Waals surface area contributed by atoms with Crippen LogP contribution in [0.15, 0.2) is 36.4 Å². The van der Waals surface area contributed by atoms with Crippen LogP contribution in [0.2, 0.25) is 5.02 Å². The summed E-state index contributed by atoms with van der Waals surface area (Å²) >= 11 is 6.00. The lowest BCUT2D eigenvalue weighted by Gasteiger charge is -2.10. The van der Waals surface area contributed by atoms with Gasteiger partial charge >= 0.3 is 0 Å². The van der Waals surface area contributed by atoms with Crippen molar-refractivity contribution in [3.8, 4) is 6.07 Å². The molecule has 0 aromatic heterocycles. The minimum Gasteiger partial charge on any atom is -0.399 e. The first-order chi connectivity index (χ1) is 9.51. The van der Waals surface area contributed by atoms with Crippen LogP contribution in [0.5, 0.6) is 0 Å². The lowest BCUT2D eigenvalue weighted by atomic mass is 10.0. The summed E-state index contributed by atoms with van der Waals surface area (Å²) in [5.74, 6) is -0.292. The van der Waals surface area contributed by atoms with Gasteiger partial charge in [0, 0.05) is 11.3 Å². The van der Waals surface area contributed by atoms with Crippen molar-refractivity contribution in [2.45, 2.75) is 6.92 Å². The first-order valence-corrected chi connectivity index (χ1v) is 6.26. The zero-order valence-corrected chi connectivity index (χ0v) is 11.5. The number of nitrogens with zero attached hydrogens (tertiary/aromatic N) is 1. The van der Waals surface area contributed by atoms with E-state index < -0.39 is 0 Å². The Kier molecular flexibility index (Phi) is 3.92. The van der Waals surface area contributed by atoms with Gasteiger partial charge in [0.05, 0.1) is 22.3 Å². The number of halogens is 1. The molecule has 100 valence electrons. The lowest BCUT2D eigenvalue weighted by molar-refractivity contribution is 0.102. The van der Waals surface area contributed by atoms with Crippen molar-refractivity contribution in [1.82, 2.24) is 0 Å². The van der Waals surface area contributed by atoms with Crippen molar-refractivity contribution in [3.05, 3.63) is 58.1 Å². The second-order valence-corrected chi connectivity index (χ2v) is 4.74. The van der Waals surface area contributed by atoms with Gasteiger partial charge < -0.3 is 11.1 Å². The molecule has 2 rings (SSSR count). The molecule has 0 aliphatic heterocycles. The van der Waals surface area contributed by atoms with Gasteiger partial charge in [0.15, 0.2) is 0 Å². The molecule has 0 saturated carbocycles. The molecule has 0 bridgehead atoms. The summed E-state index contributed by atoms with van der Waals surface area (Å²) in [6, 6.07) is 11.8. The van der Waals surface area contributed by atoms with Crippen LogP contribution in [0.3, 0.4) is 0 Å². The summed E-state index contributed by atoms with van der Waals surface area (Å²) in [5.41, 5.74) is 8.36. The predicted molar refractivity (Wildman–Crippen MR) is 79.7 cm³/mol. The Balaban J connectivity index is 2.29. The number of anilines is 2. The number of nitriles is 1. The molecule has 0 unspecified atom stereocenters. The molecule has 3 N–H and O–H groups in total. The topological polar surface area (TPSA) is 78.9 Å². The van der Waals surface area contributed by atoms with Crippen molar-refractivity contribution < 1.29 is 4.79 Å². The van der Waals surface area contributed by atoms with Gasteiger partial charge in [-0.25, -0.2) is 0 Å². The SMILES string of the molecule is Cc1cc(C#N)ccc1C(=O)Nc1cc(N)ccc1Cl. The fraction of sp³-hybridized carbons (Fsp3) is 0.0667. The number of amides is 1. The zero-order chi connectivity index (χ0) is 14.7. The molecular formula is C15H12ClN3O. The summed E-state index contributed by atoms with van der Waals surface area (Å²) in [6.45, 7) is 1.77. The van der Waals surface area contributed by atoms with E-state index in [4.69, 9.17) is 22.6 Å². The number of rotatable bonds is 2. The van der Waals surface area contributed by atoms with E-state index in [-0.39, 0.29) is 5.91 Å². The number of nitrogen functional groups attached to an aromatic ring is 1. The molecule has 0 radical (unpaired) electrons. The number of benzene rings is 2. The van der Waals surface area contributed by atoms with E-state index in [0.29, 0.717) is 27.5 Å². The number of aryl methyl sites for hydroxylation is 1. The molecule has 0 heterocycles. The number of carbonyl (C=O) groups excluding carboxylic acids is 1. The van der Waals surface area contributed by atoms with Gasteiger partial charge in [0.2, 0.25) is 0 Å². The van der Waals surface area contributed by atoms with E-state index in [1.807, 2.05) is 6.07 Å². The summed E-state index contributed by atoms with van der Waals surface area (Å²) in [6.07, 6.45) is 0. The molecule has 5 heteroatoms. The number of hydrogen-bond donors (Lipinski definition) is 2. The van der Waals surface area contributed by atoms with Crippen molar-refractivity contribution in [2.75, 3.05) is 11.1 Å². The molecule has 2 aromatic rings. The highest BCUT2D eigenvalue weighted by atomic mass is 35.5. The molecular weight excluding hydrogens is 274 g/mol. The average Bonchev–Trinajstić information content (AvgIpc) is 2.42. The fourth-order valence-electron chi connectivity index (χ4n) is 1.82.